The molecule has 148 valence electrons. The van der Waals surface area contributed by atoms with Crippen LogP contribution in [0.25, 0.3) is 11.1 Å². The van der Waals surface area contributed by atoms with Crippen molar-refractivity contribution in [2.24, 2.45) is 0 Å². The number of fused-ring (bicyclic) bond motifs is 3. The van der Waals surface area contributed by atoms with Crippen LogP contribution in [0.1, 0.15) is 35.3 Å². The second-order valence-electron chi connectivity index (χ2n) is 6.75. The van der Waals surface area contributed by atoms with Crippen molar-refractivity contribution in [1.29, 1.82) is 0 Å². The van der Waals surface area contributed by atoms with Crippen molar-refractivity contribution in [3.8, 4) is 11.1 Å². The maximum Gasteiger partial charge on any atom is 0.407 e. The lowest BCUT2D eigenvalue weighted by atomic mass is 9.98. The minimum absolute atomic E-state index is 0.0681. The highest BCUT2D eigenvalue weighted by molar-refractivity contribution is 9.10. The van der Waals surface area contributed by atoms with Gasteiger partial charge in [0.05, 0.1) is 17.2 Å². The van der Waals surface area contributed by atoms with Crippen molar-refractivity contribution < 1.29 is 23.8 Å². The number of alkyl carbamates (subject to hydrolysis) is 1. The molecule has 1 heterocycles. The Balaban J connectivity index is 1.48. The molecular weight excluding hydrogens is 438 g/mol. The number of hydrogen-bond donors (Lipinski definition) is 2. The van der Waals surface area contributed by atoms with Gasteiger partial charge < -0.3 is 19.6 Å². The normalized spacial score (nSPS) is 13.4. The smallest absolute Gasteiger partial charge is 0.407 e. The van der Waals surface area contributed by atoms with Gasteiger partial charge in [0.25, 0.3) is 0 Å². The Kier molecular flexibility index (Phi) is 5.40. The highest BCUT2D eigenvalue weighted by Gasteiger charge is 2.30. The molecule has 0 spiro atoms. The third kappa shape index (κ3) is 3.91. The van der Waals surface area contributed by atoms with Gasteiger partial charge in [0.15, 0.2) is 0 Å². The monoisotopic (exact) mass is 455 g/mol. The van der Waals surface area contributed by atoms with Gasteiger partial charge in [-0.1, -0.05) is 48.5 Å². The number of benzene rings is 2. The predicted molar refractivity (Wildman–Crippen MR) is 110 cm³/mol. The average molecular weight is 456 g/mol. The lowest BCUT2D eigenvalue weighted by Crippen LogP contribution is -2.31. The largest absolute Gasteiger partial charge is 0.481 e. The fourth-order valence-electron chi connectivity index (χ4n) is 3.72. The fourth-order valence-corrected chi connectivity index (χ4v) is 4.20. The molecule has 0 aliphatic heterocycles. The molecule has 4 rings (SSSR count). The Morgan fingerprint density at radius 1 is 1.07 bits per heavy atom. The minimum atomic E-state index is -1.06. The van der Waals surface area contributed by atoms with Crippen LogP contribution in [0.15, 0.2) is 69.8 Å². The van der Waals surface area contributed by atoms with Gasteiger partial charge in [-0.3, -0.25) is 4.79 Å². The highest BCUT2D eigenvalue weighted by atomic mass is 79.9. The van der Waals surface area contributed by atoms with E-state index in [1.807, 2.05) is 36.4 Å². The van der Waals surface area contributed by atoms with Crippen LogP contribution in [0.3, 0.4) is 0 Å². The Labute approximate surface area is 175 Å². The zero-order valence-electron chi connectivity index (χ0n) is 15.3. The van der Waals surface area contributed by atoms with Gasteiger partial charge in [-0.05, 0) is 44.3 Å². The Bertz CT molecular complexity index is 1020. The lowest BCUT2D eigenvalue weighted by Gasteiger charge is -2.18. The average Bonchev–Trinajstić information content (AvgIpc) is 3.27. The van der Waals surface area contributed by atoms with E-state index in [2.05, 4.69) is 33.4 Å². The maximum atomic E-state index is 12.4. The number of furan rings is 1. The lowest BCUT2D eigenvalue weighted by molar-refractivity contribution is -0.137. The number of nitrogens with one attached hydrogen (secondary N) is 1. The predicted octanol–water partition coefficient (Wildman–Crippen LogP) is 5.10. The molecule has 1 amide bonds. The number of carboxylic acid groups (broad SMARTS) is 1. The van der Waals surface area contributed by atoms with Crippen molar-refractivity contribution in [2.45, 2.75) is 18.4 Å². The zero-order chi connectivity index (χ0) is 20.4. The van der Waals surface area contributed by atoms with Crippen molar-refractivity contribution >= 4 is 28.0 Å². The standard InChI is InChI=1S/C22H18BrNO5/c23-18-9-10-28-21(18)19(11-20(25)26)24-22(27)29-12-17-15-7-3-1-5-13(15)14-6-2-4-8-16(14)17/h1-10,17,19H,11-12H2,(H,24,27)(H,25,26). The molecule has 0 saturated carbocycles. The third-order valence-corrected chi connectivity index (χ3v) is 5.63. The first-order chi connectivity index (χ1) is 14.0. The summed E-state index contributed by atoms with van der Waals surface area (Å²) in [5.41, 5.74) is 4.50. The van der Waals surface area contributed by atoms with E-state index in [4.69, 9.17) is 14.3 Å². The number of carboxylic acids is 1. The summed E-state index contributed by atoms with van der Waals surface area (Å²) < 4.78 is 11.4. The molecule has 1 unspecified atom stereocenters. The maximum absolute atomic E-state index is 12.4. The molecule has 0 saturated heterocycles. The van der Waals surface area contributed by atoms with Gasteiger partial charge in [0, 0.05) is 5.92 Å². The van der Waals surface area contributed by atoms with E-state index in [1.54, 1.807) is 6.07 Å². The van der Waals surface area contributed by atoms with Gasteiger partial charge in [0.1, 0.15) is 18.4 Å². The van der Waals surface area contributed by atoms with Crippen molar-refractivity contribution in [3.63, 3.8) is 0 Å². The van der Waals surface area contributed by atoms with E-state index in [0.29, 0.717) is 10.2 Å². The third-order valence-electron chi connectivity index (χ3n) is 4.98. The quantitative estimate of drug-likeness (QED) is 0.539. The number of amides is 1. The first-order valence-corrected chi connectivity index (χ1v) is 9.90. The van der Waals surface area contributed by atoms with Crippen molar-refractivity contribution in [2.75, 3.05) is 6.61 Å². The second-order valence-corrected chi connectivity index (χ2v) is 7.61. The second kappa shape index (κ2) is 8.13. The molecule has 7 heteroatoms. The van der Waals surface area contributed by atoms with Crippen LogP contribution >= 0.6 is 15.9 Å². The van der Waals surface area contributed by atoms with Crippen LogP contribution in [0.4, 0.5) is 4.79 Å². The molecule has 2 N–H and O–H groups in total. The molecule has 0 fully saturated rings. The van der Waals surface area contributed by atoms with E-state index in [1.165, 1.54) is 6.26 Å². The van der Waals surface area contributed by atoms with Gasteiger partial charge >= 0.3 is 12.1 Å². The van der Waals surface area contributed by atoms with Gasteiger partial charge in [0.2, 0.25) is 0 Å². The highest BCUT2D eigenvalue weighted by Crippen LogP contribution is 2.44. The van der Waals surface area contributed by atoms with E-state index in [0.717, 1.165) is 22.3 Å². The first-order valence-electron chi connectivity index (χ1n) is 9.10. The number of aliphatic carboxylic acids is 1. The van der Waals surface area contributed by atoms with Crippen molar-refractivity contribution in [1.82, 2.24) is 5.32 Å². The SMILES string of the molecule is O=C(O)CC(NC(=O)OCC1c2ccccc2-c2ccccc21)c1occc1Br. The van der Waals surface area contributed by atoms with Gasteiger partial charge in [-0.2, -0.15) is 0 Å². The number of ether oxygens (including phenoxy) is 1. The van der Waals surface area contributed by atoms with E-state index in [-0.39, 0.29) is 18.9 Å². The van der Waals surface area contributed by atoms with Crippen LogP contribution in [0, 0.1) is 0 Å². The molecule has 0 bridgehead atoms. The first kappa shape index (κ1) is 19.3. The van der Waals surface area contributed by atoms with E-state index < -0.39 is 18.1 Å². The summed E-state index contributed by atoms with van der Waals surface area (Å²) in [6.07, 6.45) is 0.408. The molecular formula is C22H18BrNO5. The molecule has 6 nitrogen and oxygen atoms in total. The summed E-state index contributed by atoms with van der Waals surface area (Å²) in [5, 5.41) is 11.8. The summed E-state index contributed by atoms with van der Waals surface area (Å²) >= 11 is 3.30. The van der Waals surface area contributed by atoms with Crippen LogP contribution < -0.4 is 5.32 Å². The number of halogens is 1. The van der Waals surface area contributed by atoms with E-state index >= 15 is 0 Å². The number of hydrogen-bond acceptors (Lipinski definition) is 4. The summed E-state index contributed by atoms with van der Waals surface area (Å²) in [6.45, 7) is 0.152. The van der Waals surface area contributed by atoms with Gasteiger partial charge in [-0.15, -0.1) is 0 Å². The molecule has 3 aromatic rings. The molecule has 29 heavy (non-hydrogen) atoms. The Morgan fingerprint density at radius 2 is 1.69 bits per heavy atom. The summed E-state index contributed by atoms with van der Waals surface area (Å²) in [5.74, 6) is -0.792. The van der Waals surface area contributed by atoms with Crippen LogP contribution in [-0.4, -0.2) is 23.8 Å². The molecule has 0 radical (unpaired) electrons. The van der Waals surface area contributed by atoms with E-state index in [9.17, 15) is 9.59 Å². The zero-order valence-corrected chi connectivity index (χ0v) is 16.9. The molecule has 1 atom stereocenters. The molecule has 1 aromatic heterocycles. The molecule has 1 aliphatic carbocycles. The minimum Gasteiger partial charge on any atom is -0.481 e. The Morgan fingerprint density at radius 3 is 2.24 bits per heavy atom. The van der Waals surface area contributed by atoms with Gasteiger partial charge in [-0.25, -0.2) is 4.79 Å². The topological polar surface area (TPSA) is 88.8 Å². The molecule has 1 aliphatic rings. The fraction of sp³-hybridized carbons (Fsp3) is 0.182. The Hall–Kier alpha value is -3.06. The number of carbonyl (C=O) groups excluding carboxylic acids is 1. The number of carbonyl (C=O) groups is 2. The van der Waals surface area contributed by atoms with Crippen molar-refractivity contribution in [3.05, 3.63) is 82.2 Å². The molecule has 2 aromatic carbocycles. The number of rotatable bonds is 6. The van der Waals surface area contributed by atoms with Crippen LogP contribution in [-0.2, 0) is 9.53 Å². The summed E-state index contributed by atoms with van der Waals surface area (Å²) in [7, 11) is 0. The summed E-state index contributed by atoms with van der Waals surface area (Å²) in [4.78, 5) is 23.6. The van der Waals surface area contributed by atoms with Crippen LogP contribution in [0.2, 0.25) is 0 Å². The summed E-state index contributed by atoms with van der Waals surface area (Å²) in [6, 6.07) is 16.9. The van der Waals surface area contributed by atoms with Crippen LogP contribution in [0.5, 0.6) is 0 Å².